The number of carbonyl (C=O) groups is 2. The first-order chi connectivity index (χ1) is 13.9. The molecule has 0 aliphatic carbocycles. The zero-order valence-corrected chi connectivity index (χ0v) is 19.9. The summed E-state index contributed by atoms with van der Waals surface area (Å²) in [5, 5.41) is 0. The van der Waals surface area contributed by atoms with Crippen molar-refractivity contribution in [3.8, 4) is 0 Å². The molecule has 0 aliphatic rings. The second kappa shape index (κ2) is 14.7. The molecule has 0 spiro atoms. The lowest BCUT2D eigenvalue weighted by atomic mass is 10.1. The van der Waals surface area contributed by atoms with Crippen LogP contribution in [0.4, 0.5) is 0 Å². The van der Waals surface area contributed by atoms with Gasteiger partial charge >= 0.3 is 11.9 Å². The third-order valence-corrected chi connectivity index (χ3v) is 5.01. The predicted octanol–water partition coefficient (Wildman–Crippen LogP) is 2.59. The van der Waals surface area contributed by atoms with E-state index in [9.17, 15) is 19.0 Å². The first kappa shape index (κ1) is 28.8. The molecule has 0 aliphatic heterocycles. The number of unbranched alkanes of at least 4 members (excludes halogenated alkanes) is 4. The molecule has 9 nitrogen and oxygen atoms in total. The van der Waals surface area contributed by atoms with Crippen molar-refractivity contribution in [1.82, 2.24) is 0 Å². The average Bonchev–Trinajstić information content (AvgIpc) is 2.61. The van der Waals surface area contributed by atoms with Gasteiger partial charge in [0.05, 0.1) is 21.1 Å². The first-order valence-corrected chi connectivity index (χ1v) is 11.7. The van der Waals surface area contributed by atoms with Crippen molar-refractivity contribution in [3.05, 3.63) is 12.2 Å². The smallest absolute Gasteiger partial charge is 0.333 e. The SMILES string of the molecule is C=C(C)C(=O)OCC(COC(=O)CCCCCCC)OP(=O)([O-])OCC[N+](C)(C)C. The van der Waals surface area contributed by atoms with Gasteiger partial charge in [-0.1, -0.05) is 39.2 Å². The van der Waals surface area contributed by atoms with Gasteiger partial charge in [-0.15, -0.1) is 0 Å². The topological polar surface area (TPSA) is 111 Å². The summed E-state index contributed by atoms with van der Waals surface area (Å²) in [5.74, 6) is -1.16. The fraction of sp³-hybridized carbons (Fsp3) is 0.800. The Balaban J connectivity index is 4.65. The molecule has 0 bridgehead atoms. The molecular formula is C20H38NO8P. The fourth-order valence-corrected chi connectivity index (χ4v) is 3.02. The van der Waals surface area contributed by atoms with E-state index in [-0.39, 0.29) is 25.2 Å². The van der Waals surface area contributed by atoms with Crippen molar-refractivity contribution in [2.75, 3.05) is 47.5 Å². The molecule has 0 N–H and O–H groups in total. The molecule has 0 fully saturated rings. The molecular weight excluding hydrogens is 413 g/mol. The molecule has 0 radical (unpaired) electrons. The Bertz CT molecular complexity index is 588. The van der Waals surface area contributed by atoms with Crippen LogP contribution in [0.2, 0.25) is 0 Å². The summed E-state index contributed by atoms with van der Waals surface area (Å²) in [4.78, 5) is 35.6. The van der Waals surface area contributed by atoms with E-state index >= 15 is 0 Å². The van der Waals surface area contributed by atoms with E-state index in [1.807, 2.05) is 21.1 Å². The minimum atomic E-state index is -4.68. The largest absolute Gasteiger partial charge is 0.756 e. The lowest BCUT2D eigenvalue weighted by Gasteiger charge is -2.29. The van der Waals surface area contributed by atoms with Gasteiger partial charge in [0.15, 0.2) is 0 Å². The van der Waals surface area contributed by atoms with Crippen LogP contribution in [0.25, 0.3) is 0 Å². The van der Waals surface area contributed by atoms with Crippen LogP contribution in [-0.2, 0) is 32.7 Å². The highest BCUT2D eigenvalue weighted by Gasteiger charge is 2.23. The molecule has 0 amide bonds. The fourth-order valence-electron chi connectivity index (χ4n) is 2.17. The van der Waals surface area contributed by atoms with Gasteiger partial charge in [0.25, 0.3) is 7.82 Å². The highest BCUT2D eigenvalue weighted by molar-refractivity contribution is 7.45. The maximum Gasteiger partial charge on any atom is 0.333 e. The van der Waals surface area contributed by atoms with Crippen LogP contribution in [0.15, 0.2) is 12.2 Å². The van der Waals surface area contributed by atoms with Gasteiger partial charge in [0.1, 0.15) is 32.5 Å². The number of phosphoric ester groups is 1. The Labute approximate surface area is 180 Å². The number of esters is 2. The van der Waals surface area contributed by atoms with Crippen molar-refractivity contribution in [1.29, 1.82) is 0 Å². The standard InChI is InChI=1S/C20H38NO8P/c1-7-8-9-10-11-12-19(22)26-15-18(16-27-20(23)17(2)3)29-30(24,25)28-14-13-21(4,5)6/h18H,2,7-16H2,1,3-6H3. The van der Waals surface area contributed by atoms with E-state index in [1.165, 1.54) is 6.92 Å². The molecule has 0 aromatic heterocycles. The van der Waals surface area contributed by atoms with E-state index in [1.54, 1.807) is 0 Å². The number of likely N-dealkylation sites (N-methyl/N-ethyl adjacent to an activating group) is 1. The highest BCUT2D eigenvalue weighted by Crippen LogP contribution is 2.39. The Kier molecular flexibility index (Phi) is 14.1. The van der Waals surface area contributed by atoms with Gasteiger partial charge in [-0.3, -0.25) is 9.36 Å². The van der Waals surface area contributed by atoms with Crippen LogP contribution in [0.3, 0.4) is 0 Å². The number of phosphoric acid groups is 1. The Morgan fingerprint density at radius 3 is 2.23 bits per heavy atom. The molecule has 0 saturated carbocycles. The number of rotatable bonds is 17. The number of hydrogen-bond donors (Lipinski definition) is 0. The molecule has 176 valence electrons. The second-order valence-corrected chi connectivity index (χ2v) is 9.61. The van der Waals surface area contributed by atoms with Crippen LogP contribution in [-0.4, -0.2) is 70.0 Å². The van der Waals surface area contributed by atoms with E-state index in [0.29, 0.717) is 17.4 Å². The summed E-state index contributed by atoms with van der Waals surface area (Å²) in [6, 6.07) is 0. The van der Waals surface area contributed by atoms with Crippen molar-refractivity contribution >= 4 is 19.8 Å². The molecule has 2 atom stereocenters. The zero-order valence-electron chi connectivity index (χ0n) is 19.0. The van der Waals surface area contributed by atoms with Crippen LogP contribution >= 0.6 is 7.82 Å². The Morgan fingerprint density at radius 2 is 1.67 bits per heavy atom. The Hall–Kier alpha value is -1.25. The maximum absolute atomic E-state index is 12.1. The number of hydrogen-bond acceptors (Lipinski definition) is 8. The molecule has 0 heterocycles. The molecule has 0 rings (SSSR count). The summed E-state index contributed by atoms with van der Waals surface area (Å²) < 4.78 is 32.5. The molecule has 0 aromatic carbocycles. The average molecular weight is 451 g/mol. The van der Waals surface area contributed by atoms with Gasteiger partial charge in [-0.05, 0) is 13.3 Å². The van der Waals surface area contributed by atoms with E-state index in [4.69, 9.17) is 18.5 Å². The van der Waals surface area contributed by atoms with Crippen LogP contribution in [0.1, 0.15) is 52.4 Å². The lowest BCUT2D eigenvalue weighted by molar-refractivity contribution is -0.870. The number of ether oxygens (including phenoxy) is 2. The summed E-state index contributed by atoms with van der Waals surface area (Å²) in [5.41, 5.74) is 0.155. The maximum atomic E-state index is 12.1. The summed E-state index contributed by atoms with van der Waals surface area (Å²) in [6.07, 6.45) is 3.93. The van der Waals surface area contributed by atoms with Crippen LogP contribution in [0, 0.1) is 0 Å². The third-order valence-electron chi connectivity index (χ3n) is 3.95. The van der Waals surface area contributed by atoms with Gasteiger partial charge < -0.3 is 27.9 Å². The summed E-state index contributed by atoms with van der Waals surface area (Å²) in [7, 11) is 0.994. The number of carbonyl (C=O) groups excluding carboxylic acids is 2. The van der Waals surface area contributed by atoms with Gasteiger partial charge in [0.2, 0.25) is 0 Å². The molecule has 2 unspecified atom stereocenters. The molecule has 30 heavy (non-hydrogen) atoms. The zero-order chi connectivity index (χ0) is 23.2. The van der Waals surface area contributed by atoms with E-state index in [2.05, 4.69) is 13.5 Å². The van der Waals surface area contributed by atoms with Crippen LogP contribution < -0.4 is 4.89 Å². The minimum Gasteiger partial charge on any atom is -0.756 e. The van der Waals surface area contributed by atoms with Crippen molar-refractivity contribution < 1.29 is 42.1 Å². The third kappa shape index (κ3) is 16.5. The second-order valence-electron chi connectivity index (χ2n) is 8.25. The summed E-state index contributed by atoms with van der Waals surface area (Å²) >= 11 is 0. The Morgan fingerprint density at radius 1 is 1.07 bits per heavy atom. The van der Waals surface area contributed by atoms with E-state index in [0.717, 1.165) is 25.7 Å². The number of quaternary nitrogens is 1. The summed E-state index contributed by atoms with van der Waals surface area (Å²) in [6.45, 7) is 6.61. The van der Waals surface area contributed by atoms with Crippen molar-refractivity contribution in [2.24, 2.45) is 0 Å². The molecule has 0 saturated heterocycles. The molecule has 10 heteroatoms. The van der Waals surface area contributed by atoms with Crippen molar-refractivity contribution in [2.45, 2.75) is 58.5 Å². The monoisotopic (exact) mass is 451 g/mol. The quantitative estimate of drug-likeness (QED) is 0.109. The van der Waals surface area contributed by atoms with E-state index < -0.39 is 32.5 Å². The minimum absolute atomic E-state index is 0.0693. The number of nitrogens with zero attached hydrogens (tertiary/aromatic N) is 1. The van der Waals surface area contributed by atoms with Crippen LogP contribution in [0.5, 0.6) is 0 Å². The lowest BCUT2D eigenvalue weighted by Crippen LogP contribution is -2.38. The van der Waals surface area contributed by atoms with Gasteiger partial charge in [-0.2, -0.15) is 0 Å². The highest BCUT2D eigenvalue weighted by atomic mass is 31.2. The van der Waals surface area contributed by atoms with Gasteiger partial charge in [-0.25, -0.2) is 4.79 Å². The normalized spacial score (nSPS) is 14.6. The van der Waals surface area contributed by atoms with Gasteiger partial charge in [0, 0.05) is 12.0 Å². The first-order valence-electron chi connectivity index (χ1n) is 10.3. The molecule has 0 aromatic rings. The predicted molar refractivity (Wildman–Crippen MR) is 111 cm³/mol. The van der Waals surface area contributed by atoms with Crippen molar-refractivity contribution in [3.63, 3.8) is 0 Å².